The van der Waals surface area contributed by atoms with Crippen LogP contribution in [0.2, 0.25) is 0 Å². The van der Waals surface area contributed by atoms with Gasteiger partial charge in [-0.15, -0.1) is 0 Å². The van der Waals surface area contributed by atoms with E-state index in [1.165, 1.54) is 0 Å². The zero-order valence-corrected chi connectivity index (χ0v) is 8.91. The van der Waals surface area contributed by atoms with Gasteiger partial charge < -0.3 is 14.7 Å². The Kier molecular flexibility index (Phi) is 5.18. The van der Waals surface area contributed by atoms with Crippen molar-refractivity contribution in [1.82, 2.24) is 0 Å². The number of esters is 1. The van der Waals surface area contributed by atoms with Gasteiger partial charge in [0.15, 0.2) is 0 Å². The lowest BCUT2D eigenvalue weighted by molar-refractivity contribution is -0.146. The van der Waals surface area contributed by atoms with Crippen LogP contribution < -0.4 is 0 Å². The highest BCUT2D eigenvalue weighted by molar-refractivity contribution is 5.70. The van der Waals surface area contributed by atoms with Gasteiger partial charge in [0.1, 0.15) is 6.10 Å². The van der Waals surface area contributed by atoms with Gasteiger partial charge in [-0.25, -0.2) is 6.57 Å². The molecule has 1 unspecified atom stereocenters. The number of aliphatic hydroxyl groups is 1. The molecule has 0 rings (SSSR count). The van der Waals surface area contributed by atoms with Crippen molar-refractivity contribution in [3.8, 4) is 0 Å². The van der Waals surface area contributed by atoms with Crippen molar-refractivity contribution < 1.29 is 14.6 Å². The summed E-state index contributed by atoms with van der Waals surface area (Å²) in [5, 5.41) is 9.53. The fourth-order valence-corrected chi connectivity index (χ4v) is 0.757. The molecule has 0 aliphatic heterocycles. The van der Waals surface area contributed by atoms with Crippen LogP contribution in [0.3, 0.4) is 0 Å². The molecule has 0 fully saturated rings. The third kappa shape index (κ3) is 4.24. The SMILES string of the molecule is [C-]#[N+]C(C)(C)C(O)CC(=O)OCCC. The highest BCUT2D eigenvalue weighted by atomic mass is 16.5. The van der Waals surface area contributed by atoms with E-state index in [0.29, 0.717) is 6.61 Å². The molecular formula is C10H17NO3. The van der Waals surface area contributed by atoms with Crippen molar-refractivity contribution in [2.24, 2.45) is 0 Å². The second-order valence-corrected chi connectivity index (χ2v) is 3.71. The van der Waals surface area contributed by atoms with Crippen LogP contribution in [0.4, 0.5) is 0 Å². The lowest BCUT2D eigenvalue weighted by atomic mass is 9.96. The summed E-state index contributed by atoms with van der Waals surface area (Å²) in [7, 11) is 0. The quantitative estimate of drug-likeness (QED) is 0.537. The zero-order chi connectivity index (χ0) is 11.2. The molecule has 0 bridgehead atoms. The Morgan fingerprint density at radius 1 is 1.64 bits per heavy atom. The molecule has 4 nitrogen and oxygen atoms in total. The lowest BCUT2D eigenvalue weighted by Crippen LogP contribution is -2.35. The van der Waals surface area contributed by atoms with E-state index < -0.39 is 17.6 Å². The molecule has 0 aliphatic rings. The minimum Gasteiger partial charge on any atom is -0.466 e. The number of rotatable bonds is 5. The summed E-state index contributed by atoms with van der Waals surface area (Å²) in [6, 6.07) is 0. The molecule has 1 N–H and O–H groups in total. The van der Waals surface area contributed by atoms with E-state index in [9.17, 15) is 9.90 Å². The second kappa shape index (κ2) is 5.61. The van der Waals surface area contributed by atoms with Crippen LogP contribution in [-0.2, 0) is 9.53 Å². The van der Waals surface area contributed by atoms with Crippen LogP contribution in [-0.4, -0.2) is 29.3 Å². The number of carbonyl (C=O) groups excluding carboxylic acids is 1. The molecule has 0 saturated heterocycles. The topological polar surface area (TPSA) is 50.9 Å². The van der Waals surface area contributed by atoms with E-state index in [-0.39, 0.29) is 6.42 Å². The summed E-state index contributed by atoms with van der Waals surface area (Å²) in [5.74, 6) is -0.448. The van der Waals surface area contributed by atoms with Gasteiger partial charge in [0.05, 0.1) is 13.0 Å². The summed E-state index contributed by atoms with van der Waals surface area (Å²) in [6.07, 6.45) is -0.326. The lowest BCUT2D eigenvalue weighted by Gasteiger charge is -2.17. The normalized spacial score (nSPS) is 13.1. The average Bonchev–Trinajstić information content (AvgIpc) is 2.14. The third-order valence-electron chi connectivity index (χ3n) is 1.93. The molecule has 0 aliphatic carbocycles. The summed E-state index contributed by atoms with van der Waals surface area (Å²) in [6.45, 7) is 12.3. The van der Waals surface area contributed by atoms with E-state index in [1.807, 2.05) is 6.92 Å². The minimum absolute atomic E-state index is 0.116. The highest BCUT2D eigenvalue weighted by Crippen LogP contribution is 2.17. The molecule has 0 saturated carbocycles. The number of nitrogens with zero attached hydrogens (tertiary/aromatic N) is 1. The van der Waals surface area contributed by atoms with Crippen LogP contribution in [0.15, 0.2) is 0 Å². The molecule has 4 heteroatoms. The van der Waals surface area contributed by atoms with Crippen molar-refractivity contribution in [2.75, 3.05) is 6.61 Å². The maximum Gasteiger partial charge on any atom is 0.308 e. The third-order valence-corrected chi connectivity index (χ3v) is 1.93. The Bertz CT molecular complexity index is 230. The van der Waals surface area contributed by atoms with Gasteiger partial charge in [-0.05, 0) is 6.42 Å². The van der Waals surface area contributed by atoms with Gasteiger partial charge in [0.2, 0.25) is 0 Å². The predicted octanol–water partition coefficient (Wildman–Crippen LogP) is 1.39. The molecule has 0 aromatic rings. The Balaban J connectivity index is 4.01. The van der Waals surface area contributed by atoms with Gasteiger partial charge in [-0.2, -0.15) is 0 Å². The molecule has 14 heavy (non-hydrogen) atoms. The Hall–Kier alpha value is -1.08. The fourth-order valence-electron chi connectivity index (χ4n) is 0.757. The van der Waals surface area contributed by atoms with E-state index in [2.05, 4.69) is 4.85 Å². The minimum atomic E-state index is -0.968. The van der Waals surface area contributed by atoms with E-state index in [1.54, 1.807) is 13.8 Å². The van der Waals surface area contributed by atoms with Gasteiger partial charge in [0, 0.05) is 13.8 Å². The number of ether oxygens (including phenoxy) is 1. The smallest absolute Gasteiger partial charge is 0.308 e. The van der Waals surface area contributed by atoms with Gasteiger partial charge in [0.25, 0.3) is 5.54 Å². The van der Waals surface area contributed by atoms with Crippen LogP contribution in [0.1, 0.15) is 33.6 Å². The van der Waals surface area contributed by atoms with E-state index >= 15 is 0 Å². The van der Waals surface area contributed by atoms with Crippen molar-refractivity contribution in [1.29, 1.82) is 0 Å². The van der Waals surface area contributed by atoms with Gasteiger partial charge in [-0.1, -0.05) is 6.92 Å². The van der Waals surface area contributed by atoms with Crippen molar-refractivity contribution in [3.63, 3.8) is 0 Å². The molecule has 0 spiro atoms. The number of hydrogen-bond acceptors (Lipinski definition) is 3. The summed E-state index contributed by atoms with van der Waals surface area (Å²) >= 11 is 0. The van der Waals surface area contributed by atoms with Crippen LogP contribution in [0.5, 0.6) is 0 Å². The Morgan fingerprint density at radius 2 is 2.21 bits per heavy atom. The first-order valence-corrected chi connectivity index (χ1v) is 4.66. The number of carbonyl (C=O) groups is 1. The molecule has 0 aromatic heterocycles. The molecular weight excluding hydrogens is 182 g/mol. The van der Waals surface area contributed by atoms with E-state index in [4.69, 9.17) is 11.3 Å². The van der Waals surface area contributed by atoms with Crippen molar-refractivity contribution >= 4 is 5.97 Å². The fraction of sp³-hybridized carbons (Fsp3) is 0.800. The van der Waals surface area contributed by atoms with Crippen molar-refractivity contribution in [3.05, 3.63) is 11.4 Å². The standard InChI is InChI=1S/C10H17NO3/c1-5-6-14-9(13)7-8(12)10(2,3)11-4/h8,12H,5-7H2,1-3H3. The van der Waals surface area contributed by atoms with E-state index in [0.717, 1.165) is 6.42 Å². The molecule has 0 amide bonds. The van der Waals surface area contributed by atoms with Gasteiger partial charge in [-0.3, -0.25) is 4.79 Å². The number of hydrogen-bond donors (Lipinski definition) is 1. The van der Waals surface area contributed by atoms with Crippen molar-refractivity contribution in [2.45, 2.75) is 45.3 Å². The maximum absolute atomic E-state index is 11.1. The molecule has 80 valence electrons. The molecule has 1 atom stereocenters. The molecule has 0 heterocycles. The van der Waals surface area contributed by atoms with Gasteiger partial charge >= 0.3 is 5.97 Å². The first kappa shape index (κ1) is 12.9. The van der Waals surface area contributed by atoms with Crippen LogP contribution in [0.25, 0.3) is 4.85 Å². The summed E-state index contributed by atoms with van der Waals surface area (Å²) < 4.78 is 4.80. The monoisotopic (exact) mass is 199 g/mol. The first-order valence-electron chi connectivity index (χ1n) is 4.66. The average molecular weight is 199 g/mol. The first-order chi connectivity index (χ1) is 6.44. The Morgan fingerprint density at radius 3 is 2.64 bits per heavy atom. The molecule has 0 radical (unpaired) electrons. The number of aliphatic hydroxyl groups excluding tert-OH is 1. The summed E-state index contributed by atoms with van der Waals surface area (Å²) in [5.41, 5.74) is -0.925. The second-order valence-electron chi connectivity index (χ2n) is 3.71. The predicted molar refractivity (Wildman–Crippen MR) is 52.6 cm³/mol. The maximum atomic E-state index is 11.1. The zero-order valence-electron chi connectivity index (χ0n) is 8.91. The van der Waals surface area contributed by atoms with Crippen LogP contribution >= 0.6 is 0 Å². The van der Waals surface area contributed by atoms with Crippen LogP contribution in [0, 0.1) is 6.57 Å². The summed E-state index contributed by atoms with van der Waals surface area (Å²) in [4.78, 5) is 14.3. The molecule has 0 aromatic carbocycles. The Labute approximate surface area is 84.7 Å². The largest absolute Gasteiger partial charge is 0.466 e. The highest BCUT2D eigenvalue weighted by Gasteiger charge is 2.35.